The average Bonchev–Trinajstić information content (AvgIpc) is 0.722. The van der Waals surface area contributed by atoms with E-state index in [9.17, 15) is 0 Å². The Morgan fingerprint density at radius 1 is 1.00 bits per heavy atom. The van der Waals surface area contributed by atoms with Gasteiger partial charge in [-0.05, 0) is 0 Å². The molecule has 0 spiro atoms. The third kappa shape index (κ3) is 95.8. The maximum atomic E-state index is 7.33. The monoisotopic (exact) mass is 319 g/mol. The third-order valence-corrected chi connectivity index (χ3v) is 0. The molecule has 0 aromatic rings. The van der Waals surface area contributed by atoms with Gasteiger partial charge in [-0.25, -0.2) is 0 Å². The SMILES string of the molecule is O[Si](O)(O)O.[Au].[H-].[H-].[Mg+2]. The Balaban J connectivity index is -0.0000000133. The zero-order valence-corrected chi connectivity index (χ0v) is 7.88. The maximum Gasteiger partial charge on any atom is 2.00 e. The molecule has 0 aliphatic heterocycles. The Hall–Kier alpha value is 1.56. The van der Waals surface area contributed by atoms with Crippen LogP contribution in [0.1, 0.15) is 2.85 Å². The summed E-state index contributed by atoms with van der Waals surface area (Å²) in [5.74, 6) is 0. The second-order valence-electron chi connectivity index (χ2n) is 0.600. The summed E-state index contributed by atoms with van der Waals surface area (Å²) in [7, 11) is -4.61. The standard InChI is InChI=1S/Au.Mg.H4O4Si.2H/c;;1-5(2,3)4;;/h;;1-4H;;/q;+2;;2*-1. The average molecular weight is 319 g/mol. The first-order valence-electron chi connectivity index (χ1n) is 0.894. The second-order valence-corrected chi connectivity index (χ2v) is 1.80. The van der Waals surface area contributed by atoms with E-state index in [0.29, 0.717) is 0 Å². The molecule has 0 rings (SSSR count). The summed E-state index contributed by atoms with van der Waals surface area (Å²) >= 11 is 0. The first-order valence-corrected chi connectivity index (χ1v) is 2.68. The van der Waals surface area contributed by atoms with Crippen LogP contribution in [0, 0.1) is 0 Å². The molecule has 0 aromatic heterocycles. The van der Waals surface area contributed by atoms with E-state index in [0.717, 1.165) is 0 Å². The van der Waals surface area contributed by atoms with Gasteiger partial charge in [-0.3, -0.25) is 0 Å². The van der Waals surface area contributed by atoms with Gasteiger partial charge in [0.1, 0.15) is 0 Å². The zero-order valence-electron chi connectivity index (χ0n) is 5.30. The maximum absolute atomic E-state index is 7.33. The molecule has 0 unspecified atom stereocenters. The van der Waals surface area contributed by atoms with Crippen LogP contribution in [-0.2, 0) is 22.4 Å². The topological polar surface area (TPSA) is 80.9 Å². The molecule has 0 aliphatic rings. The molecule has 0 atom stereocenters. The van der Waals surface area contributed by atoms with E-state index in [1.54, 1.807) is 0 Å². The molecule has 4 N–H and O–H groups in total. The van der Waals surface area contributed by atoms with Gasteiger partial charge in [0.05, 0.1) is 0 Å². The Labute approximate surface area is 76.3 Å². The van der Waals surface area contributed by atoms with Gasteiger partial charge < -0.3 is 22.0 Å². The van der Waals surface area contributed by atoms with Crippen LogP contribution in [0.5, 0.6) is 0 Å². The van der Waals surface area contributed by atoms with E-state index in [4.69, 9.17) is 19.2 Å². The largest absolute Gasteiger partial charge is 2.00 e. The van der Waals surface area contributed by atoms with Crippen molar-refractivity contribution in [2.75, 3.05) is 0 Å². The molecular formula is H6AuMgO4Si. The fraction of sp³-hybridized carbons (Fsp3) is 0. The number of rotatable bonds is 0. The van der Waals surface area contributed by atoms with Gasteiger partial charge in [-0.15, -0.1) is 0 Å². The first kappa shape index (κ1) is 15.8. The van der Waals surface area contributed by atoms with Crippen molar-refractivity contribution < 1.29 is 44.4 Å². The normalized spacial score (nSPS) is 8.57. The quantitative estimate of drug-likeness (QED) is 0.365. The Morgan fingerprint density at radius 3 is 1.00 bits per heavy atom. The molecule has 0 saturated carbocycles. The molecule has 0 saturated heterocycles. The van der Waals surface area contributed by atoms with E-state index in [2.05, 4.69) is 0 Å². The molecule has 1 radical (unpaired) electrons. The summed E-state index contributed by atoms with van der Waals surface area (Å²) in [5.41, 5.74) is 0. The van der Waals surface area contributed by atoms with E-state index >= 15 is 0 Å². The summed E-state index contributed by atoms with van der Waals surface area (Å²) in [4.78, 5) is 29.3. The van der Waals surface area contributed by atoms with Crippen molar-refractivity contribution in [3.05, 3.63) is 0 Å². The molecule has 0 heterocycles. The predicted octanol–water partition coefficient (Wildman–Crippen LogP) is -2.77. The minimum absolute atomic E-state index is 0. The fourth-order valence-corrected chi connectivity index (χ4v) is 0. The van der Waals surface area contributed by atoms with Gasteiger partial charge >= 0.3 is 32.1 Å². The van der Waals surface area contributed by atoms with Crippen molar-refractivity contribution in [3.63, 3.8) is 0 Å². The van der Waals surface area contributed by atoms with Crippen LogP contribution in [0.25, 0.3) is 0 Å². The van der Waals surface area contributed by atoms with Crippen LogP contribution in [0.15, 0.2) is 0 Å². The third-order valence-electron chi connectivity index (χ3n) is 0. The van der Waals surface area contributed by atoms with Crippen molar-refractivity contribution >= 4 is 32.1 Å². The van der Waals surface area contributed by atoms with Crippen LogP contribution < -0.4 is 0 Å². The van der Waals surface area contributed by atoms with Gasteiger partial charge in [0, 0.05) is 22.4 Å². The fourth-order valence-electron chi connectivity index (χ4n) is 0. The minimum atomic E-state index is -4.61. The Kier molecular flexibility index (Phi) is 12.9. The van der Waals surface area contributed by atoms with E-state index < -0.39 is 9.05 Å². The summed E-state index contributed by atoms with van der Waals surface area (Å²) in [6.07, 6.45) is 0. The number of hydrogen-bond donors (Lipinski definition) is 4. The summed E-state index contributed by atoms with van der Waals surface area (Å²) < 4.78 is 0. The molecule has 0 fully saturated rings. The number of hydrogen-bond acceptors (Lipinski definition) is 4. The summed E-state index contributed by atoms with van der Waals surface area (Å²) in [5, 5.41) is 0. The Morgan fingerprint density at radius 2 is 1.00 bits per heavy atom. The molecule has 4 nitrogen and oxygen atoms in total. The van der Waals surface area contributed by atoms with Crippen LogP contribution in [0.3, 0.4) is 0 Å². The van der Waals surface area contributed by atoms with Gasteiger partial charge in [0.25, 0.3) is 0 Å². The van der Waals surface area contributed by atoms with Gasteiger partial charge in [-0.2, -0.15) is 0 Å². The smallest absolute Gasteiger partial charge is 1.00 e. The molecule has 47 valence electrons. The van der Waals surface area contributed by atoms with Crippen LogP contribution in [0.2, 0.25) is 0 Å². The van der Waals surface area contributed by atoms with Gasteiger partial charge in [0.2, 0.25) is 0 Å². The molecule has 0 aliphatic carbocycles. The minimum Gasteiger partial charge on any atom is -1.00 e. The van der Waals surface area contributed by atoms with Crippen molar-refractivity contribution in [1.29, 1.82) is 0 Å². The van der Waals surface area contributed by atoms with Crippen LogP contribution in [-0.4, -0.2) is 51.3 Å². The molecule has 0 amide bonds. The van der Waals surface area contributed by atoms with Crippen molar-refractivity contribution in [1.82, 2.24) is 0 Å². The zero-order chi connectivity index (χ0) is 4.50. The Bertz CT molecular complexity index is 34.0. The van der Waals surface area contributed by atoms with Crippen molar-refractivity contribution in [2.24, 2.45) is 0 Å². The van der Waals surface area contributed by atoms with E-state index in [1.165, 1.54) is 0 Å². The van der Waals surface area contributed by atoms with Crippen molar-refractivity contribution in [2.45, 2.75) is 0 Å². The van der Waals surface area contributed by atoms with Crippen LogP contribution >= 0.6 is 0 Å². The van der Waals surface area contributed by atoms with Crippen LogP contribution in [0.4, 0.5) is 0 Å². The molecule has 7 heteroatoms. The predicted molar refractivity (Wildman–Crippen MR) is 22.6 cm³/mol. The molecule has 7 heavy (non-hydrogen) atoms. The molecular weight excluding hydrogens is 313 g/mol. The first-order chi connectivity index (χ1) is 2.00. The summed E-state index contributed by atoms with van der Waals surface area (Å²) in [6, 6.07) is 0. The van der Waals surface area contributed by atoms with Gasteiger partial charge in [0.15, 0.2) is 0 Å². The summed E-state index contributed by atoms with van der Waals surface area (Å²) in [6.45, 7) is 0. The van der Waals surface area contributed by atoms with Gasteiger partial charge in [-0.1, -0.05) is 0 Å². The van der Waals surface area contributed by atoms with Crippen molar-refractivity contribution in [3.8, 4) is 0 Å². The van der Waals surface area contributed by atoms with E-state index in [1.807, 2.05) is 0 Å². The van der Waals surface area contributed by atoms with E-state index in [-0.39, 0.29) is 48.3 Å². The molecule has 0 aromatic carbocycles. The molecule has 0 bridgehead atoms. The second kappa shape index (κ2) is 5.70.